The molecule has 0 saturated carbocycles. The third-order valence-electron chi connectivity index (χ3n) is 6.89. The van der Waals surface area contributed by atoms with Crippen molar-refractivity contribution in [2.45, 2.75) is 30.2 Å². The van der Waals surface area contributed by atoms with E-state index in [9.17, 15) is 21.4 Å². The Bertz CT molecular complexity index is 2040. The zero-order valence-electron chi connectivity index (χ0n) is 26.4. The van der Waals surface area contributed by atoms with Gasteiger partial charge in [0.25, 0.3) is 20.2 Å². The molecule has 256 valence electrons. The predicted octanol–water partition coefficient (Wildman–Crippen LogP) is 8.17. The van der Waals surface area contributed by atoms with E-state index in [0.29, 0.717) is 12.1 Å². The SMILES string of the molecule is CCN(Cc1cccc(S(=O)(=O)O)c1)c1ccc(C(=C2C=C[C](=[Ni])C=C2)c2cccc(I)c2)cc1.[CH2-]C.[CH2-]c1cccc(S(=O)(=O)O)c1. The monoisotopic (exact) mass is 839 g/mol. The molecular formula is C37H36INNiO6S2-2. The van der Waals surface area contributed by atoms with E-state index >= 15 is 0 Å². The first kappa shape index (κ1) is 39.1. The van der Waals surface area contributed by atoms with Gasteiger partial charge >= 0.3 is 177 Å². The number of hydrogen-bond donors (Lipinski definition) is 2. The molecule has 0 heterocycles. The van der Waals surface area contributed by atoms with Crippen LogP contribution in [-0.4, -0.2) is 37.0 Å². The Labute approximate surface area is 305 Å². The van der Waals surface area contributed by atoms with Crippen molar-refractivity contribution in [3.8, 4) is 0 Å². The second kappa shape index (κ2) is 17.9. The van der Waals surface area contributed by atoms with Crippen molar-refractivity contribution < 1.29 is 41.0 Å². The van der Waals surface area contributed by atoms with Crippen LogP contribution < -0.4 is 4.90 Å². The summed E-state index contributed by atoms with van der Waals surface area (Å²) in [4.78, 5) is 1.94. The zero-order chi connectivity index (χ0) is 35.5. The Morgan fingerprint density at radius 2 is 1.31 bits per heavy atom. The molecule has 0 unspecified atom stereocenters. The summed E-state index contributed by atoms with van der Waals surface area (Å²) < 4.78 is 64.0. The van der Waals surface area contributed by atoms with Crippen LogP contribution in [0.3, 0.4) is 0 Å². The van der Waals surface area contributed by atoms with Crippen LogP contribution in [0.2, 0.25) is 0 Å². The molecule has 1 aliphatic rings. The second-order valence-corrected chi connectivity index (χ2v) is 14.8. The van der Waals surface area contributed by atoms with Gasteiger partial charge in [0.15, 0.2) is 0 Å². The van der Waals surface area contributed by atoms with E-state index in [4.69, 9.17) is 19.6 Å². The van der Waals surface area contributed by atoms with Crippen molar-refractivity contribution in [1.82, 2.24) is 0 Å². The van der Waals surface area contributed by atoms with Crippen molar-refractivity contribution in [1.29, 1.82) is 0 Å². The molecule has 11 heteroatoms. The summed E-state index contributed by atoms with van der Waals surface area (Å²) in [5, 5.41) is 0. The Balaban J connectivity index is 0.000000405. The van der Waals surface area contributed by atoms with Crippen molar-refractivity contribution in [2.75, 3.05) is 11.4 Å². The minimum atomic E-state index is -4.23. The number of allylic oxidation sites excluding steroid dienone is 5. The average Bonchev–Trinajstić information content (AvgIpc) is 3.06. The molecule has 0 spiro atoms. The van der Waals surface area contributed by atoms with Gasteiger partial charge in [-0.05, 0) is 12.1 Å². The second-order valence-electron chi connectivity index (χ2n) is 10.2. The van der Waals surface area contributed by atoms with Crippen LogP contribution in [0.25, 0.3) is 5.57 Å². The fourth-order valence-corrected chi connectivity index (χ4v) is 6.51. The summed E-state index contributed by atoms with van der Waals surface area (Å²) >= 11 is 7.30. The molecule has 0 aliphatic heterocycles. The van der Waals surface area contributed by atoms with Gasteiger partial charge in [-0.1, -0.05) is 18.2 Å². The van der Waals surface area contributed by atoms with Crippen molar-refractivity contribution >= 4 is 58.6 Å². The van der Waals surface area contributed by atoms with Crippen molar-refractivity contribution in [3.05, 3.63) is 167 Å². The summed E-state index contributed by atoms with van der Waals surface area (Å²) in [5.41, 5.74) is 6.87. The molecule has 4 aromatic carbocycles. The zero-order valence-corrected chi connectivity index (χ0v) is 31.1. The topological polar surface area (TPSA) is 112 Å². The van der Waals surface area contributed by atoms with Crippen molar-refractivity contribution in [2.24, 2.45) is 0 Å². The maximum Gasteiger partial charge on any atom is 0.282 e. The first-order valence-electron chi connectivity index (χ1n) is 14.6. The molecule has 1 aliphatic carbocycles. The average molecular weight is 840 g/mol. The number of anilines is 1. The number of benzene rings is 4. The normalized spacial score (nSPS) is 12.4. The van der Waals surface area contributed by atoms with Crippen LogP contribution in [0.5, 0.6) is 0 Å². The summed E-state index contributed by atoms with van der Waals surface area (Å²) in [6.07, 6.45) is 8.08. The molecule has 0 radical (unpaired) electrons. The van der Waals surface area contributed by atoms with Gasteiger partial charge in [-0.3, -0.25) is 9.11 Å². The number of hydrogen-bond acceptors (Lipinski definition) is 5. The summed E-state index contributed by atoms with van der Waals surface area (Å²) in [6.45, 7) is 11.8. The molecule has 0 bridgehead atoms. The molecule has 0 saturated heterocycles. The molecule has 48 heavy (non-hydrogen) atoms. The van der Waals surface area contributed by atoms with Crippen LogP contribution in [0.1, 0.15) is 36.1 Å². The van der Waals surface area contributed by atoms with Crippen LogP contribution in [0, 0.1) is 17.4 Å². The molecule has 0 aromatic heterocycles. The quantitative estimate of drug-likeness (QED) is 0.0798. The van der Waals surface area contributed by atoms with Gasteiger partial charge in [0.2, 0.25) is 0 Å². The van der Waals surface area contributed by atoms with Gasteiger partial charge < -0.3 is 6.92 Å². The Morgan fingerprint density at radius 3 is 1.83 bits per heavy atom. The molecule has 0 atom stereocenters. The van der Waals surface area contributed by atoms with Crippen LogP contribution in [0.4, 0.5) is 5.69 Å². The van der Waals surface area contributed by atoms with Gasteiger partial charge in [0.05, 0.1) is 4.90 Å². The summed E-state index contributed by atoms with van der Waals surface area (Å²) in [6, 6.07) is 29.0. The van der Waals surface area contributed by atoms with E-state index < -0.39 is 20.2 Å². The van der Waals surface area contributed by atoms with Gasteiger partial charge in [-0.15, -0.1) is 12.1 Å². The maximum absolute atomic E-state index is 11.5. The number of halogens is 1. The fourth-order valence-electron chi connectivity index (χ4n) is 4.71. The van der Waals surface area contributed by atoms with E-state index in [0.717, 1.165) is 44.6 Å². The summed E-state index contributed by atoms with van der Waals surface area (Å²) in [5.74, 6) is 0. The minimum absolute atomic E-state index is 0.0935. The maximum atomic E-state index is 11.5. The first-order valence-corrected chi connectivity index (χ1v) is 19.1. The standard InChI is InChI=1S/C28H24INO3S.C7H7O3S.C2H5.Ni/c1-2-30(20-21-8-6-13-27(18-21)34(31,32)33)26-16-14-23(15-17-26)28(22-9-4-3-5-10-22)24-11-7-12-25(29)19-24;1-6-3-2-4-7(5-6)11(8,9)10;1-2;/h4-19H,2,20H2,1H3,(H,31,32,33);2-5H,1H2,(H,8,9,10);1H2,2H3;/q;2*-1;. The van der Waals surface area contributed by atoms with Gasteiger partial charge in [0, 0.05) is 4.90 Å². The molecule has 5 rings (SSSR count). The van der Waals surface area contributed by atoms with Gasteiger partial charge in [0.1, 0.15) is 0 Å². The van der Waals surface area contributed by atoms with E-state index in [1.165, 1.54) is 33.9 Å². The van der Waals surface area contributed by atoms with E-state index in [2.05, 4.69) is 109 Å². The number of nitrogens with zero attached hydrogens (tertiary/aromatic N) is 1. The molecule has 0 amide bonds. The van der Waals surface area contributed by atoms with Gasteiger partial charge in [-0.2, -0.15) is 42.3 Å². The fraction of sp³-hybridized carbons (Fsp3) is 0.108. The Hall–Kier alpha value is -3.32. The van der Waals surface area contributed by atoms with Crippen LogP contribution in [0.15, 0.2) is 137 Å². The Kier molecular flexibility index (Phi) is 14.6. The molecule has 0 fully saturated rings. The molecular weight excluding hydrogens is 804 g/mol. The molecule has 7 nitrogen and oxygen atoms in total. The van der Waals surface area contributed by atoms with Crippen molar-refractivity contribution in [3.63, 3.8) is 0 Å². The van der Waals surface area contributed by atoms with E-state index in [1.807, 2.05) is 18.2 Å². The van der Waals surface area contributed by atoms with Crippen LogP contribution >= 0.6 is 22.6 Å². The van der Waals surface area contributed by atoms with E-state index in [-0.39, 0.29) is 9.79 Å². The van der Waals surface area contributed by atoms with E-state index in [1.54, 1.807) is 19.1 Å². The minimum Gasteiger partial charge on any atom is -0.346 e. The third-order valence-corrected chi connectivity index (χ3v) is 9.59. The summed E-state index contributed by atoms with van der Waals surface area (Å²) in [7, 11) is -8.30. The first-order chi connectivity index (χ1) is 22.7. The molecule has 2 N–H and O–H groups in total. The largest absolute Gasteiger partial charge is 0.346 e. The van der Waals surface area contributed by atoms with Crippen LogP contribution in [-0.2, 0) is 41.8 Å². The Morgan fingerprint density at radius 1 is 0.750 bits per heavy atom. The predicted molar refractivity (Wildman–Crippen MR) is 200 cm³/mol. The smallest absolute Gasteiger partial charge is 0.282 e. The number of rotatable bonds is 8. The molecule has 4 aromatic rings. The van der Waals surface area contributed by atoms with Gasteiger partial charge in [-0.25, -0.2) is 0 Å². The third kappa shape index (κ3) is 11.4.